The maximum absolute atomic E-state index is 10.9. The molecule has 1 aliphatic rings. The molecule has 0 spiro atoms. The number of fused-ring (bicyclic) bond motifs is 1. The van der Waals surface area contributed by atoms with Crippen LogP contribution in [0.2, 0.25) is 0 Å². The summed E-state index contributed by atoms with van der Waals surface area (Å²) < 4.78 is 0. The fourth-order valence-electron chi connectivity index (χ4n) is 1.82. The van der Waals surface area contributed by atoms with Crippen LogP contribution in [0.25, 0.3) is 0 Å². The van der Waals surface area contributed by atoms with E-state index in [0.717, 1.165) is 36.1 Å². The van der Waals surface area contributed by atoms with E-state index in [9.17, 15) is 4.79 Å². The summed E-state index contributed by atoms with van der Waals surface area (Å²) in [4.78, 5) is 14.2. The van der Waals surface area contributed by atoms with E-state index in [4.69, 9.17) is 0 Å². The molecule has 0 radical (unpaired) electrons. The van der Waals surface area contributed by atoms with Gasteiger partial charge in [-0.25, -0.2) is 0 Å². The lowest BCUT2D eigenvalue weighted by Crippen LogP contribution is -2.01. The van der Waals surface area contributed by atoms with E-state index in [1.54, 1.807) is 0 Å². The van der Waals surface area contributed by atoms with E-state index in [0.29, 0.717) is 0 Å². The predicted molar refractivity (Wildman–Crippen MR) is 55.4 cm³/mol. The molecule has 0 atom stereocenters. The van der Waals surface area contributed by atoms with Gasteiger partial charge in [0.05, 0.1) is 0 Å². The fourth-order valence-corrected chi connectivity index (χ4v) is 2.84. The number of aromatic nitrogens is 1. The normalized spacial score (nSPS) is 15.5. The molecule has 13 heavy (non-hydrogen) atoms. The molecule has 1 aromatic rings. The summed E-state index contributed by atoms with van der Waals surface area (Å²) in [6.45, 7) is 2.08. The van der Waals surface area contributed by atoms with Gasteiger partial charge in [-0.15, -0.1) is 0 Å². The van der Waals surface area contributed by atoms with E-state index < -0.39 is 0 Å². The first-order chi connectivity index (χ1) is 6.36. The third-order valence-electron chi connectivity index (χ3n) is 2.53. The minimum Gasteiger partial charge on any atom is -0.361 e. The second kappa shape index (κ2) is 3.58. The molecular weight excluding hydrogens is 182 g/mol. The number of hydrogen-bond donors (Lipinski definition) is 1. The number of hydrogen-bond acceptors (Lipinski definition) is 2. The van der Waals surface area contributed by atoms with Crippen LogP contribution in [0.5, 0.6) is 0 Å². The molecule has 2 heterocycles. The SMILES string of the molecule is CCc1[nH]c2c(c1C=O)CSCC2. The fraction of sp³-hybridized carbons (Fsp3) is 0.500. The number of H-pyrrole nitrogens is 1. The van der Waals surface area contributed by atoms with Gasteiger partial charge in [0.2, 0.25) is 0 Å². The van der Waals surface area contributed by atoms with Crippen molar-refractivity contribution in [1.29, 1.82) is 0 Å². The Morgan fingerprint density at radius 2 is 2.46 bits per heavy atom. The van der Waals surface area contributed by atoms with Gasteiger partial charge in [0.25, 0.3) is 0 Å². The molecule has 0 bridgehead atoms. The van der Waals surface area contributed by atoms with Crippen LogP contribution in [0.1, 0.15) is 34.2 Å². The Kier molecular flexibility index (Phi) is 2.44. The van der Waals surface area contributed by atoms with Crippen molar-refractivity contribution in [1.82, 2.24) is 4.98 Å². The third kappa shape index (κ3) is 1.41. The largest absolute Gasteiger partial charge is 0.361 e. The smallest absolute Gasteiger partial charge is 0.152 e. The predicted octanol–water partition coefficient (Wildman–Crippen LogP) is 2.18. The molecule has 2 nitrogen and oxygen atoms in total. The Hall–Kier alpha value is -0.700. The molecule has 3 heteroatoms. The minimum atomic E-state index is 0.921. The summed E-state index contributed by atoms with van der Waals surface area (Å²) in [5, 5.41) is 0. The van der Waals surface area contributed by atoms with Gasteiger partial charge in [0.1, 0.15) is 0 Å². The summed E-state index contributed by atoms with van der Waals surface area (Å²) in [5.74, 6) is 2.18. The van der Waals surface area contributed by atoms with Gasteiger partial charge >= 0.3 is 0 Å². The summed E-state index contributed by atoms with van der Waals surface area (Å²) in [6, 6.07) is 0. The number of aromatic amines is 1. The minimum absolute atomic E-state index is 0.921. The topological polar surface area (TPSA) is 32.9 Å². The van der Waals surface area contributed by atoms with E-state index >= 15 is 0 Å². The van der Waals surface area contributed by atoms with Crippen LogP contribution >= 0.6 is 11.8 Å². The van der Waals surface area contributed by atoms with Gasteiger partial charge in [-0.1, -0.05) is 6.92 Å². The maximum Gasteiger partial charge on any atom is 0.152 e. The van der Waals surface area contributed by atoms with E-state index in [1.807, 2.05) is 11.8 Å². The van der Waals surface area contributed by atoms with Crippen LogP contribution in [-0.2, 0) is 18.6 Å². The van der Waals surface area contributed by atoms with Crippen molar-refractivity contribution >= 4 is 18.0 Å². The van der Waals surface area contributed by atoms with Crippen LogP contribution in [0.4, 0.5) is 0 Å². The number of nitrogens with one attached hydrogen (secondary N) is 1. The molecule has 0 saturated heterocycles. The molecule has 0 aromatic carbocycles. The second-order valence-electron chi connectivity index (χ2n) is 3.25. The summed E-state index contributed by atoms with van der Waals surface area (Å²) >= 11 is 1.91. The highest BCUT2D eigenvalue weighted by Crippen LogP contribution is 2.28. The quantitative estimate of drug-likeness (QED) is 0.734. The first kappa shape index (κ1) is 8.88. The number of carbonyl (C=O) groups excluding carboxylic acids is 1. The Labute approximate surface area is 82.1 Å². The Bertz CT molecular complexity index is 330. The lowest BCUT2D eigenvalue weighted by atomic mass is 10.1. The Balaban J connectivity index is 2.50. The zero-order chi connectivity index (χ0) is 9.26. The number of aldehydes is 1. The molecule has 70 valence electrons. The number of carbonyl (C=O) groups is 1. The Morgan fingerprint density at radius 3 is 3.15 bits per heavy atom. The van der Waals surface area contributed by atoms with Gasteiger partial charge in [-0.05, 0) is 24.2 Å². The number of aryl methyl sites for hydroxylation is 2. The first-order valence-corrected chi connectivity index (χ1v) is 5.77. The van der Waals surface area contributed by atoms with E-state index in [1.165, 1.54) is 17.0 Å². The molecule has 1 N–H and O–H groups in total. The monoisotopic (exact) mass is 195 g/mol. The van der Waals surface area contributed by atoms with Crippen LogP contribution in [0.3, 0.4) is 0 Å². The van der Waals surface area contributed by atoms with Gasteiger partial charge < -0.3 is 4.98 Å². The van der Waals surface area contributed by atoms with Crippen LogP contribution in [0, 0.1) is 0 Å². The molecular formula is C10H13NOS. The lowest BCUT2D eigenvalue weighted by Gasteiger charge is -2.10. The molecule has 0 fully saturated rings. The number of rotatable bonds is 2. The molecule has 0 unspecified atom stereocenters. The van der Waals surface area contributed by atoms with Crippen molar-refractivity contribution in [2.75, 3.05) is 5.75 Å². The Morgan fingerprint density at radius 1 is 1.62 bits per heavy atom. The van der Waals surface area contributed by atoms with Gasteiger partial charge in [-0.3, -0.25) is 4.79 Å². The van der Waals surface area contributed by atoms with Crippen molar-refractivity contribution in [3.63, 3.8) is 0 Å². The third-order valence-corrected chi connectivity index (χ3v) is 3.52. The van der Waals surface area contributed by atoms with Gasteiger partial charge in [0, 0.05) is 22.7 Å². The maximum atomic E-state index is 10.9. The van der Waals surface area contributed by atoms with Crippen LogP contribution < -0.4 is 0 Å². The average molecular weight is 195 g/mol. The van der Waals surface area contributed by atoms with E-state index in [2.05, 4.69) is 11.9 Å². The first-order valence-electron chi connectivity index (χ1n) is 4.62. The van der Waals surface area contributed by atoms with Crippen LogP contribution in [0.15, 0.2) is 0 Å². The molecule has 0 aliphatic carbocycles. The second-order valence-corrected chi connectivity index (χ2v) is 4.35. The lowest BCUT2D eigenvalue weighted by molar-refractivity contribution is 0.112. The molecule has 2 rings (SSSR count). The molecule has 0 saturated carbocycles. The highest BCUT2D eigenvalue weighted by atomic mass is 32.2. The van der Waals surface area contributed by atoms with Crippen molar-refractivity contribution < 1.29 is 4.79 Å². The van der Waals surface area contributed by atoms with Crippen molar-refractivity contribution in [3.05, 3.63) is 22.5 Å². The highest BCUT2D eigenvalue weighted by molar-refractivity contribution is 7.98. The van der Waals surface area contributed by atoms with Crippen molar-refractivity contribution in [2.45, 2.75) is 25.5 Å². The zero-order valence-electron chi connectivity index (χ0n) is 7.72. The van der Waals surface area contributed by atoms with E-state index in [-0.39, 0.29) is 0 Å². The van der Waals surface area contributed by atoms with Crippen molar-refractivity contribution in [2.24, 2.45) is 0 Å². The molecule has 1 aromatic heterocycles. The summed E-state index contributed by atoms with van der Waals surface area (Å²) in [5.41, 5.74) is 4.58. The standard InChI is InChI=1S/C10H13NOS/c1-2-9-7(5-12)8-6-13-4-3-10(8)11-9/h5,11H,2-4,6H2,1H3. The van der Waals surface area contributed by atoms with Gasteiger partial charge in [0.15, 0.2) is 6.29 Å². The summed E-state index contributed by atoms with van der Waals surface area (Å²) in [6.07, 6.45) is 3.01. The van der Waals surface area contributed by atoms with Crippen molar-refractivity contribution in [3.8, 4) is 0 Å². The number of thioether (sulfide) groups is 1. The average Bonchev–Trinajstić information content (AvgIpc) is 2.55. The zero-order valence-corrected chi connectivity index (χ0v) is 8.54. The van der Waals surface area contributed by atoms with Crippen LogP contribution in [-0.4, -0.2) is 17.0 Å². The van der Waals surface area contributed by atoms with Gasteiger partial charge in [-0.2, -0.15) is 11.8 Å². The molecule has 0 amide bonds. The highest BCUT2D eigenvalue weighted by Gasteiger charge is 2.18. The summed E-state index contributed by atoms with van der Waals surface area (Å²) in [7, 11) is 0. The molecule has 1 aliphatic heterocycles.